The summed E-state index contributed by atoms with van der Waals surface area (Å²) in [5, 5.41) is 11.1. The number of hydrogen-bond donors (Lipinski definition) is 3. The Labute approximate surface area is 117 Å². The number of carboxylic acids is 1. The summed E-state index contributed by atoms with van der Waals surface area (Å²) in [4.78, 5) is 23.5. The highest BCUT2D eigenvalue weighted by Gasteiger charge is 2.42. The van der Waals surface area contributed by atoms with E-state index in [0.717, 1.165) is 6.26 Å². The van der Waals surface area contributed by atoms with Crippen molar-refractivity contribution in [3.63, 3.8) is 0 Å². The molecule has 1 saturated heterocycles. The molecule has 0 saturated carbocycles. The molecule has 1 fully saturated rings. The molecule has 1 rings (SSSR count). The second-order valence-electron chi connectivity index (χ2n) is 4.89. The van der Waals surface area contributed by atoms with Crippen molar-refractivity contribution in [2.24, 2.45) is 0 Å². The van der Waals surface area contributed by atoms with Gasteiger partial charge in [0.1, 0.15) is 12.2 Å². The van der Waals surface area contributed by atoms with E-state index >= 15 is 0 Å². The van der Waals surface area contributed by atoms with Crippen LogP contribution in [0.15, 0.2) is 0 Å². The van der Waals surface area contributed by atoms with Gasteiger partial charge in [0.2, 0.25) is 10.0 Å². The van der Waals surface area contributed by atoms with Crippen LogP contribution >= 0.6 is 0 Å². The van der Waals surface area contributed by atoms with Gasteiger partial charge in [-0.15, -0.1) is 0 Å². The summed E-state index contributed by atoms with van der Waals surface area (Å²) in [5.74, 6) is -1.05. The molecule has 0 bridgehead atoms. The number of rotatable bonds is 7. The van der Waals surface area contributed by atoms with Crippen molar-refractivity contribution in [1.29, 1.82) is 0 Å². The van der Waals surface area contributed by atoms with Crippen LogP contribution in [0.1, 0.15) is 6.92 Å². The fraction of sp³-hybridized carbons (Fsp3) is 0.800. The quantitative estimate of drug-likeness (QED) is 0.487. The standard InChI is InChI=1S/C10H19N3O6S/c1-10(19-5-8(14)15)6-13(7-10)9(16)11-3-4-12-20(2,17)18/h12H,3-7H2,1-2H3,(H,11,16)(H,14,15). The molecular weight excluding hydrogens is 290 g/mol. The van der Waals surface area contributed by atoms with Crippen LogP contribution in [-0.2, 0) is 19.6 Å². The van der Waals surface area contributed by atoms with E-state index < -0.39 is 28.2 Å². The minimum atomic E-state index is -3.26. The van der Waals surface area contributed by atoms with Crippen LogP contribution in [0.4, 0.5) is 4.79 Å². The van der Waals surface area contributed by atoms with E-state index in [9.17, 15) is 18.0 Å². The van der Waals surface area contributed by atoms with Crippen molar-refractivity contribution in [2.45, 2.75) is 12.5 Å². The van der Waals surface area contributed by atoms with Gasteiger partial charge in [-0.25, -0.2) is 22.7 Å². The lowest BCUT2D eigenvalue weighted by molar-refractivity contribution is -0.159. The number of amides is 2. The molecule has 2 amide bonds. The van der Waals surface area contributed by atoms with Crippen molar-refractivity contribution in [3.8, 4) is 0 Å². The van der Waals surface area contributed by atoms with Crippen LogP contribution in [0, 0.1) is 0 Å². The van der Waals surface area contributed by atoms with E-state index in [0.29, 0.717) is 13.1 Å². The maximum absolute atomic E-state index is 11.6. The Bertz CT molecular complexity index is 471. The summed E-state index contributed by atoms with van der Waals surface area (Å²) in [6.45, 7) is 2.21. The number of aliphatic carboxylic acids is 1. The Morgan fingerprint density at radius 1 is 1.35 bits per heavy atom. The molecule has 9 nitrogen and oxygen atoms in total. The molecular formula is C10H19N3O6S. The lowest BCUT2D eigenvalue weighted by atomic mass is 9.97. The maximum atomic E-state index is 11.6. The molecule has 0 aliphatic carbocycles. The molecule has 0 aromatic rings. The van der Waals surface area contributed by atoms with Crippen LogP contribution in [0.5, 0.6) is 0 Å². The van der Waals surface area contributed by atoms with E-state index in [4.69, 9.17) is 9.84 Å². The Balaban J connectivity index is 2.19. The molecule has 0 spiro atoms. The van der Waals surface area contributed by atoms with Crippen molar-refractivity contribution >= 4 is 22.0 Å². The highest BCUT2D eigenvalue weighted by Crippen LogP contribution is 2.24. The highest BCUT2D eigenvalue weighted by molar-refractivity contribution is 7.88. The molecule has 116 valence electrons. The Morgan fingerprint density at radius 2 is 1.95 bits per heavy atom. The molecule has 1 aliphatic rings. The van der Waals surface area contributed by atoms with Gasteiger partial charge >= 0.3 is 12.0 Å². The third-order valence-corrected chi connectivity index (χ3v) is 3.38. The van der Waals surface area contributed by atoms with Crippen molar-refractivity contribution in [1.82, 2.24) is 14.9 Å². The topological polar surface area (TPSA) is 125 Å². The fourth-order valence-corrected chi connectivity index (χ4v) is 2.22. The minimum absolute atomic E-state index is 0.116. The van der Waals surface area contributed by atoms with E-state index in [2.05, 4.69) is 10.0 Å². The SMILES string of the molecule is CC1(OCC(=O)O)CN(C(=O)NCCNS(C)(=O)=O)C1. The Morgan fingerprint density at radius 3 is 2.45 bits per heavy atom. The summed E-state index contributed by atoms with van der Waals surface area (Å²) in [6, 6.07) is -0.336. The summed E-state index contributed by atoms with van der Waals surface area (Å²) in [6.07, 6.45) is 1.04. The van der Waals surface area contributed by atoms with Crippen LogP contribution in [0.3, 0.4) is 0 Å². The van der Waals surface area contributed by atoms with Crippen molar-refractivity contribution in [2.75, 3.05) is 39.0 Å². The Kier molecular flexibility index (Phi) is 5.31. The molecule has 0 unspecified atom stereocenters. The molecule has 0 aromatic heterocycles. The largest absolute Gasteiger partial charge is 0.480 e. The second kappa shape index (κ2) is 6.37. The van der Waals surface area contributed by atoms with E-state index in [-0.39, 0.29) is 19.1 Å². The number of nitrogens with one attached hydrogen (secondary N) is 2. The number of nitrogens with zero attached hydrogens (tertiary/aromatic N) is 1. The third-order valence-electron chi connectivity index (χ3n) is 2.65. The second-order valence-corrected chi connectivity index (χ2v) is 6.72. The summed E-state index contributed by atoms with van der Waals surface area (Å²) in [5.41, 5.74) is -0.638. The average Bonchev–Trinajstić information content (AvgIpc) is 2.27. The van der Waals surface area contributed by atoms with Crippen LogP contribution in [-0.4, -0.2) is 75.1 Å². The predicted octanol–water partition coefficient (Wildman–Crippen LogP) is -1.58. The molecule has 0 atom stereocenters. The first-order valence-corrected chi connectivity index (χ1v) is 7.84. The van der Waals surface area contributed by atoms with Gasteiger partial charge in [0.25, 0.3) is 0 Å². The van der Waals surface area contributed by atoms with Gasteiger partial charge in [0, 0.05) is 13.1 Å². The summed E-state index contributed by atoms with van der Waals surface area (Å²) in [7, 11) is -3.26. The predicted molar refractivity (Wildman–Crippen MR) is 69.8 cm³/mol. The average molecular weight is 309 g/mol. The first kappa shape index (κ1) is 16.7. The molecule has 1 aliphatic heterocycles. The third kappa shape index (κ3) is 5.72. The molecule has 20 heavy (non-hydrogen) atoms. The summed E-state index contributed by atoms with van der Waals surface area (Å²) < 4.78 is 29.0. The van der Waals surface area contributed by atoms with Crippen LogP contribution < -0.4 is 10.0 Å². The molecule has 10 heteroatoms. The number of urea groups is 1. The van der Waals surface area contributed by atoms with Crippen LogP contribution in [0.2, 0.25) is 0 Å². The first-order chi connectivity index (χ1) is 9.11. The number of carboxylic acid groups (broad SMARTS) is 1. The lowest BCUT2D eigenvalue weighted by Gasteiger charge is -2.46. The Hall–Kier alpha value is -1.39. The van der Waals surface area contributed by atoms with Gasteiger partial charge in [0.15, 0.2) is 0 Å². The molecule has 0 aromatic carbocycles. The fourth-order valence-electron chi connectivity index (χ4n) is 1.75. The molecule has 3 N–H and O–H groups in total. The van der Waals surface area contributed by atoms with E-state index in [1.807, 2.05) is 0 Å². The number of ether oxygens (including phenoxy) is 1. The number of likely N-dealkylation sites (tertiary alicyclic amines) is 1. The van der Waals surface area contributed by atoms with Crippen molar-refractivity contribution < 1.29 is 27.9 Å². The lowest BCUT2D eigenvalue weighted by Crippen LogP contribution is -2.65. The number of hydrogen-bond acceptors (Lipinski definition) is 5. The minimum Gasteiger partial charge on any atom is -0.480 e. The van der Waals surface area contributed by atoms with Gasteiger partial charge in [0.05, 0.1) is 19.3 Å². The zero-order chi connectivity index (χ0) is 15.4. The summed E-state index contributed by atoms with van der Waals surface area (Å²) >= 11 is 0. The van der Waals surface area contributed by atoms with Crippen molar-refractivity contribution in [3.05, 3.63) is 0 Å². The molecule has 0 radical (unpaired) electrons. The van der Waals surface area contributed by atoms with E-state index in [1.165, 1.54) is 4.90 Å². The van der Waals surface area contributed by atoms with Gasteiger partial charge in [-0.3, -0.25) is 0 Å². The zero-order valence-corrected chi connectivity index (χ0v) is 12.2. The van der Waals surface area contributed by atoms with Gasteiger partial charge in [-0.2, -0.15) is 0 Å². The highest BCUT2D eigenvalue weighted by atomic mass is 32.2. The zero-order valence-electron chi connectivity index (χ0n) is 11.4. The first-order valence-electron chi connectivity index (χ1n) is 5.94. The van der Waals surface area contributed by atoms with Crippen LogP contribution in [0.25, 0.3) is 0 Å². The normalized spacial score (nSPS) is 17.4. The van der Waals surface area contributed by atoms with E-state index in [1.54, 1.807) is 6.92 Å². The monoisotopic (exact) mass is 309 g/mol. The van der Waals surface area contributed by atoms with Gasteiger partial charge in [-0.1, -0.05) is 0 Å². The maximum Gasteiger partial charge on any atom is 0.329 e. The number of sulfonamides is 1. The number of carbonyl (C=O) groups excluding carboxylic acids is 1. The number of carbonyl (C=O) groups is 2. The van der Waals surface area contributed by atoms with Gasteiger partial charge < -0.3 is 20.1 Å². The molecule has 1 heterocycles. The smallest absolute Gasteiger partial charge is 0.329 e. The van der Waals surface area contributed by atoms with Gasteiger partial charge in [-0.05, 0) is 6.92 Å².